The fourth-order valence-corrected chi connectivity index (χ4v) is 2.66. The molecule has 1 heterocycles. The summed E-state index contributed by atoms with van der Waals surface area (Å²) in [6, 6.07) is 15.5. The second kappa shape index (κ2) is 8.40. The first-order chi connectivity index (χ1) is 13.1. The summed E-state index contributed by atoms with van der Waals surface area (Å²) in [6.45, 7) is 1.79. The zero-order valence-electron chi connectivity index (χ0n) is 15.1. The van der Waals surface area contributed by atoms with Gasteiger partial charge in [-0.05, 0) is 30.7 Å². The average molecular weight is 368 g/mol. The molecule has 0 fully saturated rings. The molecule has 0 aliphatic carbocycles. The molecule has 0 spiro atoms. The molecule has 0 radical (unpaired) electrons. The van der Waals surface area contributed by atoms with Gasteiger partial charge < -0.3 is 18.6 Å². The van der Waals surface area contributed by atoms with E-state index in [9.17, 15) is 9.59 Å². The van der Waals surface area contributed by atoms with Gasteiger partial charge >= 0.3 is 11.6 Å². The highest BCUT2D eigenvalue weighted by atomic mass is 16.6. The Kier molecular flexibility index (Phi) is 5.76. The number of carbonyl (C=O) groups is 1. The van der Waals surface area contributed by atoms with Gasteiger partial charge in [0.1, 0.15) is 23.7 Å². The largest absolute Gasteiger partial charge is 0.497 e. The molecule has 0 aliphatic rings. The Balaban J connectivity index is 1.75. The summed E-state index contributed by atoms with van der Waals surface area (Å²) >= 11 is 0. The van der Waals surface area contributed by atoms with Gasteiger partial charge in [0, 0.05) is 23.1 Å². The first-order valence-corrected chi connectivity index (χ1v) is 8.60. The molecule has 27 heavy (non-hydrogen) atoms. The fourth-order valence-electron chi connectivity index (χ4n) is 2.66. The van der Waals surface area contributed by atoms with Gasteiger partial charge in [-0.25, -0.2) is 9.59 Å². The van der Waals surface area contributed by atoms with Crippen LogP contribution in [-0.4, -0.2) is 19.2 Å². The summed E-state index contributed by atoms with van der Waals surface area (Å²) in [5, 5.41) is 0.681. The second-order valence-corrected chi connectivity index (χ2v) is 5.89. The third-order valence-corrected chi connectivity index (χ3v) is 4.06. The van der Waals surface area contributed by atoms with E-state index in [-0.39, 0.29) is 6.61 Å². The molecule has 0 saturated heterocycles. The van der Waals surface area contributed by atoms with Gasteiger partial charge in [0.05, 0.1) is 7.11 Å². The maximum atomic E-state index is 12.4. The average Bonchev–Trinajstić information content (AvgIpc) is 2.70. The SMILES string of the molecule is CC[C@@H](Oc1ccccc1)C(=O)OCc1cc(=O)oc2cc(OC)ccc12. The van der Waals surface area contributed by atoms with Crippen LogP contribution in [0.1, 0.15) is 18.9 Å². The minimum Gasteiger partial charge on any atom is -0.497 e. The number of methoxy groups -OCH3 is 1. The lowest BCUT2D eigenvalue weighted by atomic mass is 10.1. The first-order valence-electron chi connectivity index (χ1n) is 8.60. The van der Waals surface area contributed by atoms with Crippen LogP contribution in [0.2, 0.25) is 0 Å². The van der Waals surface area contributed by atoms with Crippen molar-refractivity contribution in [3.63, 3.8) is 0 Å². The minimum atomic E-state index is -0.723. The quantitative estimate of drug-likeness (QED) is 0.468. The third-order valence-electron chi connectivity index (χ3n) is 4.06. The molecule has 3 aromatic rings. The minimum absolute atomic E-state index is 0.0537. The molecule has 1 aromatic heterocycles. The number of hydrogen-bond donors (Lipinski definition) is 0. The molecule has 0 aliphatic heterocycles. The zero-order valence-corrected chi connectivity index (χ0v) is 15.1. The lowest BCUT2D eigenvalue weighted by Gasteiger charge is -2.16. The maximum Gasteiger partial charge on any atom is 0.347 e. The highest BCUT2D eigenvalue weighted by molar-refractivity contribution is 5.82. The highest BCUT2D eigenvalue weighted by Crippen LogP contribution is 2.23. The molecular formula is C21H20O6. The molecule has 1 atom stereocenters. The summed E-state index contributed by atoms with van der Waals surface area (Å²) < 4.78 is 21.4. The third kappa shape index (κ3) is 4.47. The molecule has 0 unspecified atom stereocenters. The summed E-state index contributed by atoms with van der Waals surface area (Å²) in [5.41, 5.74) is 0.418. The summed E-state index contributed by atoms with van der Waals surface area (Å²) in [5.74, 6) is 0.678. The molecule has 6 nitrogen and oxygen atoms in total. The van der Waals surface area contributed by atoms with Gasteiger partial charge in [0.2, 0.25) is 0 Å². The van der Waals surface area contributed by atoms with Crippen LogP contribution in [0, 0.1) is 0 Å². The van der Waals surface area contributed by atoms with E-state index in [4.69, 9.17) is 18.6 Å². The normalized spacial score (nSPS) is 11.8. The van der Waals surface area contributed by atoms with Crippen LogP contribution >= 0.6 is 0 Å². The predicted molar refractivity (Wildman–Crippen MR) is 100.0 cm³/mol. The number of carbonyl (C=O) groups excluding carboxylic acids is 1. The number of para-hydroxylation sites is 1. The van der Waals surface area contributed by atoms with Gasteiger partial charge in [-0.3, -0.25) is 0 Å². The number of hydrogen-bond acceptors (Lipinski definition) is 6. The van der Waals surface area contributed by atoms with Crippen molar-refractivity contribution in [2.45, 2.75) is 26.1 Å². The smallest absolute Gasteiger partial charge is 0.347 e. The van der Waals surface area contributed by atoms with E-state index in [1.54, 1.807) is 30.3 Å². The van der Waals surface area contributed by atoms with E-state index in [1.165, 1.54) is 13.2 Å². The molecular weight excluding hydrogens is 348 g/mol. The summed E-state index contributed by atoms with van der Waals surface area (Å²) in [6.07, 6.45) is -0.262. The van der Waals surface area contributed by atoms with Crippen molar-refractivity contribution in [1.29, 1.82) is 0 Å². The first kappa shape index (κ1) is 18.5. The van der Waals surface area contributed by atoms with Crippen molar-refractivity contribution in [3.8, 4) is 11.5 Å². The Bertz CT molecular complexity index is 977. The molecule has 2 aromatic carbocycles. The van der Waals surface area contributed by atoms with Crippen LogP contribution in [0.4, 0.5) is 0 Å². The van der Waals surface area contributed by atoms with E-state index in [1.807, 2.05) is 25.1 Å². The number of fused-ring (bicyclic) bond motifs is 1. The molecule has 0 amide bonds. The van der Waals surface area contributed by atoms with E-state index >= 15 is 0 Å². The molecule has 0 bridgehead atoms. The number of rotatable bonds is 7. The maximum absolute atomic E-state index is 12.4. The van der Waals surface area contributed by atoms with E-state index in [2.05, 4.69) is 0 Å². The summed E-state index contributed by atoms with van der Waals surface area (Å²) in [7, 11) is 1.53. The van der Waals surface area contributed by atoms with Crippen molar-refractivity contribution in [2.75, 3.05) is 7.11 Å². The van der Waals surface area contributed by atoms with Crippen molar-refractivity contribution < 1.29 is 23.4 Å². The second-order valence-electron chi connectivity index (χ2n) is 5.89. The fraction of sp³-hybridized carbons (Fsp3) is 0.238. The van der Waals surface area contributed by atoms with Crippen LogP contribution < -0.4 is 15.1 Å². The lowest BCUT2D eigenvalue weighted by Crippen LogP contribution is -2.28. The van der Waals surface area contributed by atoms with Crippen LogP contribution in [-0.2, 0) is 16.1 Å². The van der Waals surface area contributed by atoms with Gasteiger partial charge in [-0.1, -0.05) is 25.1 Å². The van der Waals surface area contributed by atoms with E-state index in [0.717, 1.165) is 0 Å². The zero-order chi connectivity index (χ0) is 19.2. The predicted octanol–water partition coefficient (Wildman–Crippen LogP) is 3.70. The van der Waals surface area contributed by atoms with E-state index < -0.39 is 17.7 Å². The number of ether oxygens (including phenoxy) is 3. The van der Waals surface area contributed by atoms with Crippen LogP contribution in [0.15, 0.2) is 63.8 Å². The Morgan fingerprint density at radius 1 is 1.07 bits per heavy atom. The summed E-state index contributed by atoms with van der Waals surface area (Å²) in [4.78, 5) is 24.2. The standard InChI is InChI=1S/C21H20O6/c1-3-18(26-15-7-5-4-6-8-15)21(23)25-13-14-11-20(22)27-19-12-16(24-2)9-10-17(14)19/h4-12,18H,3,13H2,1-2H3/t18-/m1/s1. The van der Waals surface area contributed by atoms with Crippen molar-refractivity contribution in [2.24, 2.45) is 0 Å². The van der Waals surface area contributed by atoms with Crippen LogP contribution in [0.5, 0.6) is 11.5 Å². The van der Waals surface area contributed by atoms with Crippen LogP contribution in [0.25, 0.3) is 11.0 Å². The van der Waals surface area contributed by atoms with Crippen molar-refractivity contribution >= 4 is 16.9 Å². The Morgan fingerprint density at radius 2 is 1.85 bits per heavy atom. The monoisotopic (exact) mass is 368 g/mol. The number of esters is 1. The molecule has 0 N–H and O–H groups in total. The van der Waals surface area contributed by atoms with Crippen molar-refractivity contribution in [3.05, 3.63) is 70.6 Å². The highest BCUT2D eigenvalue weighted by Gasteiger charge is 2.20. The van der Waals surface area contributed by atoms with Gasteiger partial charge in [-0.15, -0.1) is 0 Å². The number of benzene rings is 2. The van der Waals surface area contributed by atoms with Crippen LogP contribution in [0.3, 0.4) is 0 Å². The molecule has 3 rings (SSSR count). The molecule has 0 saturated carbocycles. The Hall–Kier alpha value is -3.28. The Morgan fingerprint density at radius 3 is 2.56 bits per heavy atom. The Labute approximate surface area is 156 Å². The van der Waals surface area contributed by atoms with Gasteiger partial charge in [0.25, 0.3) is 0 Å². The van der Waals surface area contributed by atoms with Gasteiger partial charge in [0.15, 0.2) is 6.10 Å². The van der Waals surface area contributed by atoms with Gasteiger partial charge in [-0.2, -0.15) is 0 Å². The molecule has 6 heteroatoms. The molecule has 140 valence electrons. The topological polar surface area (TPSA) is 75.0 Å². The van der Waals surface area contributed by atoms with Crippen molar-refractivity contribution in [1.82, 2.24) is 0 Å². The lowest BCUT2D eigenvalue weighted by molar-refractivity contribution is -0.153. The van der Waals surface area contributed by atoms with E-state index in [0.29, 0.717) is 34.5 Å².